The lowest BCUT2D eigenvalue weighted by Crippen LogP contribution is -2.17. The van der Waals surface area contributed by atoms with Gasteiger partial charge in [0.1, 0.15) is 5.01 Å². The van der Waals surface area contributed by atoms with Crippen LogP contribution >= 0.6 is 22.7 Å². The minimum absolute atomic E-state index is 0.0458. The van der Waals surface area contributed by atoms with E-state index in [9.17, 15) is 9.59 Å². The summed E-state index contributed by atoms with van der Waals surface area (Å²) in [7, 11) is 0. The zero-order chi connectivity index (χ0) is 18.5. The summed E-state index contributed by atoms with van der Waals surface area (Å²) in [5.41, 5.74) is 2.81. The first kappa shape index (κ1) is 18.3. The number of nitrogens with one attached hydrogen (secondary N) is 2. The molecule has 1 aromatic carbocycles. The van der Waals surface area contributed by atoms with Gasteiger partial charge >= 0.3 is 0 Å². The van der Waals surface area contributed by atoms with E-state index in [-0.39, 0.29) is 18.2 Å². The van der Waals surface area contributed by atoms with Crippen molar-refractivity contribution >= 4 is 40.2 Å². The van der Waals surface area contributed by atoms with E-state index in [2.05, 4.69) is 15.6 Å². The van der Waals surface area contributed by atoms with Crippen LogP contribution in [0.25, 0.3) is 10.6 Å². The van der Waals surface area contributed by atoms with Crippen LogP contribution in [0, 0.1) is 6.92 Å². The fourth-order valence-electron chi connectivity index (χ4n) is 2.31. The Hall–Kier alpha value is -2.51. The number of aryl methyl sites for hydroxylation is 1. The predicted octanol–water partition coefficient (Wildman–Crippen LogP) is 4.00. The van der Waals surface area contributed by atoms with Crippen molar-refractivity contribution in [1.82, 2.24) is 10.3 Å². The highest BCUT2D eigenvalue weighted by Crippen LogP contribution is 2.29. The monoisotopic (exact) mass is 385 g/mol. The highest BCUT2D eigenvalue weighted by atomic mass is 32.1. The number of carbonyl (C=O) groups excluding carboxylic acids is 2. The number of nitrogens with zero attached hydrogens (tertiary/aromatic N) is 1. The third-order valence-electron chi connectivity index (χ3n) is 3.62. The van der Waals surface area contributed by atoms with Gasteiger partial charge in [0.15, 0.2) is 0 Å². The molecule has 0 unspecified atom stereocenters. The lowest BCUT2D eigenvalue weighted by Gasteiger charge is -2.04. The molecule has 0 saturated carbocycles. The van der Waals surface area contributed by atoms with Gasteiger partial charge in [-0.15, -0.1) is 22.7 Å². The Balaban J connectivity index is 1.59. The van der Waals surface area contributed by atoms with E-state index in [0.29, 0.717) is 6.54 Å². The molecule has 0 spiro atoms. The van der Waals surface area contributed by atoms with Crippen LogP contribution in [0.1, 0.15) is 22.4 Å². The first-order valence-electron chi connectivity index (χ1n) is 8.14. The number of hydrogen-bond donors (Lipinski definition) is 2. The second-order valence-corrected chi connectivity index (χ2v) is 8.00. The number of aromatic nitrogens is 1. The second-order valence-electron chi connectivity index (χ2n) is 5.89. The number of rotatable bonds is 6. The molecular formula is C19H19N3O2S2. The fourth-order valence-corrected chi connectivity index (χ4v) is 4.08. The van der Waals surface area contributed by atoms with E-state index >= 15 is 0 Å². The van der Waals surface area contributed by atoms with E-state index in [4.69, 9.17) is 0 Å². The summed E-state index contributed by atoms with van der Waals surface area (Å²) in [5, 5.41) is 8.41. The van der Waals surface area contributed by atoms with Gasteiger partial charge in [-0.3, -0.25) is 9.59 Å². The summed E-state index contributed by atoms with van der Waals surface area (Å²) in [6, 6.07) is 11.7. The average molecular weight is 386 g/mol. The maximum absolute atomic E-state index is 12.2. The van der Waals surface area contributed by atoms with Crippen molar-refractivity contribution in [2.45, 2.75) is 26.8 Å². The summed E-state index contributed by atoms with van der Waals surface area (Å²) in [4.78, 5) is 29.8. The highest BCUT2D eigenvalue weighted by Gasteiger charge is 2.11. The van der Waals surface area contributed by atoms with Gasteiger partial charge in [-0.25, -0.2) is 4.98 Å². The van der Waals surface area contributed by atoms with Crippen molar-refractivity contribution in [3.05, 3.63) is 57.2 Å². The minimum Gasteiger partial charge on any atom is -0.351 e. The van der Waals surface area contributed by atoms with Crippen LogP contribution in [0.3, 0.4) is 0 Å². The Kier molecular flexibility index (Phi) is 5.80. The van der Waals surface area contributed by atoms with Gasteiger partial charge in [0, 0.05) is 22.9 Å². The summed E-state index contributed by atoms with van der Waals surface area (Å²) in [6.45, 7) is 4.04. The van der Waals surface area contributed by atoms with E-state index in [0.717, 1.165) is 31.7 Å². The Morgan fingerprint density at radius 2 is 1.88 bits per heavy atom. The van der Waals surface area contributed by atoms with E-state index < -0.39 is 0 Å². The van der Waals surface area contributed by atoms with Gasteiger partial charge in [0.05, 0.1) is 23.5 Å². The summed E-state index contributed by atoms with van der Waals surface area (Å²) < 4.78 is 0. The van der Waals surface area contributed by atoms with Gasteiger partial charge in [-0.05, 0) is 31.2 Å². The first-order chi connectivity index (χ1) is 12.5. The highest BCUT2D eigenvalue weighted by molar-refractivity contribution is 7.16. The Bertz CT molecular complexity index is 913. The Labute approximate surface area is 160 Å². The normalized spacial score (nSPS) is 10.5. The first-order valence-corrected chi connectivity index (χ1v) is 9.83. The maximum Gasteiger partial charge on any atom is 0.231 e. The lowest BCUT2D eigenvalue weighted by molar-refractivity contribution is -0.119. The Morgan fingerprint density at radius 3 is 2.62 bits per heavy atom. The molecule has 0 aliphatic rings. The van der Waals surface area contributed by atoms with Crippen molar-refractivity contribution in [2.24, 2.45) is 0 Å². The molecule has 2 amide bonds. The van der Waals surface area contributed by atoms with E-state index in [1.807, 2.05) is 48.7 Å². The SMILES string of the molecule is CC(=O)NCc1ccc(-c2csc(CC(=O)Nc3ccc(C)cc3)n2)s1. The van der Waals surface area contributed by atoms with Crippen molar-refractivity contribution in [3.8, 4) is 10.6 Å². The number of benzene rings is 1. The maximum atomic E-state index is 12.2. The number of thiazole rings is 1. The van der Waals surface area contributed by atoms with Gasteiger partial charge in [-0.1, -0.05) is 17.7 Å². The molecule has 0 aliphatic carbocycles. The van der Waals surface area contributed by atoms with Crippen molar-refractivity contribution in [1.29, 1.82) is 0 Å². The molecule has 0 fully saturated rings. The molecule has 3 aromatic rings. The number of amides is 2. The largest absolute Gasteiger partial charge is 0.351 e. The molecule has 0 saturated heterocycles. The smallest absolute Gasteiger partial charge is 0.231 e. The minimum atomic E-state index is -0.0766. The molecule has 2 heterocycles. The van der Waals surface area contributed by atoms with Crippen molar-refractivity contribution in [2.75, 3.05) is 5.32 Å². The molecular weight excluding hydrogens is 366 g/mol. The fraction of sp³-hybridized carbons (Fsp3) is 0.211. The van der Waals surface area contributed by atoms with Crippen LogP contribution in [-0.2, 0) is 22.6 Å². The van der Waals surface area contributed by atoms with Crippen LogP contribution in [0.2, 0.25) is 0 Å². The number of hydrogen-bond acceptors (Lipinski definition) is 5. The van der Waals surface area contributed by atoms with E-state index in [1.54, 1.807) is 11.3 Å². The summed E-state index contributed by atoms with van der Waals surface area (Å²) in [5.74, 6) is -0.122. The lowest BCUT2D eigenvalue weighted by atomic mass is 10.2. The molecule has 3 rings (SSSR count). The molecule has 2 N–H and O–H groups in total. The molecule has 26 heavy (non-hydrogen) atoms. The Morgan fingerprint density at radius 1 is 1.12 bits per heavy atom. The number of carbonyl (C=O) groups is 2. The second kappa shape index (κ2) is 8.25. The van der Waals surface area contributed by atoms with Crippen LogP contribution in [0.15, 0.2) is 41.8 Å². The molecule has 0 atom stereocenters. The predicted molar refractivity (Wildman–Crippen MR) is 106 cm³/mol. The van der Waals surface area contributed by atoms with Gasteiger partial charge in [-0.2, -0.15) is 0 Å². The third-order valence-corrected chi connectivity index (χ3v) is 5.58. The van der Waals surface area contributed by atoms with Crippen LogP contribution < -0.4 is 10.6 Å². The molecule has 0 bridgehead atoms. The van der Waals surface area contributed by atoms with Crippen molar-refractivity contribution in [3.63, 3.8) is 0 Å². The van der Waals surface area contributed by atoms with Crippen LogP contribution in [0.4, 0.5) is 5.69 Å². The number of anilines is 1. The summed E-state index contributed by atoms with van der Waals surface area (Å²) >= 11 is 3.07. The molecule has 2 aromatic heterocycles. The molecule has 0 aliphatic heterocycles. The van der Waals surface area contributed by atoms with Gasteiger partial charge < -0.3 is 10.6 Å². The molecule has 5 nitrogen and oxygen atoms in total. The standard InChI is InChI=1S/C19H19N3O2S2/c1-12-3-5-14(6-4-12)21-18(24)9-19-22-16(11-25-19)17-8-7-15(26-17)10-20-13(2)23/h3-8,11H,9-10H2,1-2H3,(H,20,23)(H,21,24). The van der Waals surface area contributed by atoms with E-state index in [1.165, 1.54) is 18.3 Å². The average Bonchev–Trinajstić information content (AvgIpc) is 3.24. The van der Waals surface area contributed by atoms with Crippen LogP contribution in [-0.4, -0.2) is 16.8 Å². The molecule has 134 valence electrons. The molecule has 0 radical (unpaired) electrons. The quantitative estimate of drug-likeness (QED) is 0.674. The topological polar surface area (TPSA) is 71.1 Å². The molecule has 7 heteroatoms. The van der Waals surface area contributed by atoms with Crippen molar-refractivity contribution < 1.29 is 9.59 Å². The van der Waals surface area contributed by atoms with Gasteiger partial charge in [0.25, 0.3) is 0 Å². The third kappa shape index (κ3) is 5.00. The summed E-state index contributed by atoms with van der Waals surface area (Å²) in [6.07, 6.45) is 0.253. The van der Waals surface area contributed by atoms with Gasteiger partial charge in [0.2, 0.25) is 11.8 Å². The zero-order valence-corrected chi connectivity index (χ0v) is 16.2. The van der Waals surface area contributed by atoms with Crippen LogP contribution in [0.5, 0.6) is 0 Å². The zero-order valence-electron chi connectivity index (χ0n) is 14.5. The number of thiophene rings is 1.